The Balaban J connectivity index is 2.42. The van der Waals surface area contributed by atoms with Gasteiger partial charge in [0.2, 0.25) is 0 Å². The number of ether oxygens (including phenoxy) is 1. The van der Waals surface area contributed by atoms with Gasteiger partial charge >= 0.3 is 5.97 Å². The molecule has 1 aromatic carbocycles. The molecule has 3 nitrogen and oxygen atoms in total. The van der Waals surface area contributed by atoms with Gasteiger partial charge in [0.1, 0.15) is 17.3 Å². The van der Waals surface area contributed by atoms with E-state index in [1.54, 1.807) is 6.08 Å². The molecular formula is C18H22O3. The van der Waals surface area contributed by atoms with E-state index in [9.17, 15) is 9.59 Å². The van der Waals surface area contributed by atoms with E-state index in [1.807, 2.05) is 52.0 Å². The van der Waals surface area contributed by atoms with Crippen LogP contribution in [0.15, 0.2) is 30.8 Å². The zero-order valence-corrected chi connectivity index (χ0v) is 13.1. The van der Waals surface area contributed by atoms with Gasteiger partial charge in [-0.15, -0.1) is 0 Å². The van der Waals surface area contributed by atoms with E-state index in [0.29, 0.717) is 6.42 Å². The molecule has 0 heterocycles. The lowest BCUT2D eigenvalue weighted by Gasteiger charge is -2.26. The van der Waals surface area contributed by atoms with Gasteiger partial charge in [0.25, 0.3) is 0 Å². The lowest BCUT2D eigenvalue weighted by Crippen LogP contribution is -2.35. The second-order valence-corrected chi connectivity index (χ2v) is 6.95. The van der Waals surface area contributed by atoms with Crippen molar-refractivity contribution in [3.8, 4) is 0 Å². The summed E-state index contributed by atoms with van der Waals surface area (Å²) in [6.07, 6.45) is 3.11. The predicted molar refractivity (Wildman–Crippen MR) is 82.8 cm³/mol. The molecule has 0 aliphatic heterocycles. The molecule has 0 N–H and O–H groups in total. The Hall–Kier alpha value is -1.90. The average Bonchev–Trinajstić information content (AvgIpc) is 3.06. The monoisotopic (exact) mass is 286 g/mol. The first-order valence-corrected chi connectivity index (χ1v) is 7.11. The minimum absolute atomic E-state index is 0.323. The van der Waals surface area contributed by atoms with Crippen molar-refractivity contribution >= 4 is 18.3 Å². The minimum atomic E-state index is -0.859. The summed E-state index contributed by atoms with van der Waals surface area (Å²) in [5.41, 5.74) is -0.312. The van der Waals surface area contributed by atoms with Crippen LogP contribution in [0.2, 0.25) is 0 Å². The fourth-order valence-electron chi connectivity index (χ4n) is 2.77. The topological polar surface area (TPSA) is 43.4 Å². The summed E-state index contributed by atoms with van der Waals surface area (Å²) >= 11 is 0. The fourth-order valence-corrected chi connectivity index (χ4v) is 2.77. The number of aldehydes is 1. The van der Waals surface area contributed by atoms with Crippen molar-refractivity contribution in [2.75, 3.05) is 0 Å². The molecule has 0 aromatic heterocycles. The average molecular weight is 286 g/mol. The smallest absolute Gasteiger partial charge is 0.318 e. The van der Waals surface area contributed by atoms with Crippen LogP contribution in [0.4, 0.5) is 0 Å². The molecule has 21 heavy (non-hydrogen) atoms. The third-order valence-corrected chi connectivity index (χ3v) is 4.13. The van der Waals surface area contributed by atoms with Gasteiger partial charge in [-0.25, -0.2) is 0 Å². The van der Waals surface area contributed by atoms with E-state index < -0.39 is 16.4 Å². The van der Waals surface area contributed by atoms with Gasteiger partial charge in [0.15, 0.2) is 0 Å². The summed E-state index contributed by atoms with van der Waals surface area (Å²) in [6, 6.07) is 7.57. The molecule has 2 rings (SSSR count). The quantitative estimate of drug-likeness (QED) is 0.628. The fraction of sp³-hybridized carbons (Fsp3) is 0.444. The lowest BCUT2D eigenvalue weighted by atomic mass is 9.87. The molecular weight excluding hydrogens is 264 g/mol. The third kappa shape index (κ3) is 2.53. The first-order chi connectivity index (χ1) is 9.68. The van der Waals surface area contributed by atoms with Gasteiger partial charge in [-0.05, 0) is 38.3 Å². The van der Waals surface area contributed by atoms with Crippen LogP contribution in [-0.4, -0.2) is 17.9 Å². The number of rotatable bonds is 4. The minimum Gasteiger partial charge on any atom is -0.459 e. The van der Waals surface area contributed by atoms with Crippen molar-refractivity contribution in [3.63, 3.8) is 0 Å². The van der Waals surface area contributed by atoms with Crippen LogP contribution in [0, 0.1) is 5.41 Å². The van der Waals surface area contributed by atoms with Crippen LogP contribution in [0.3, 0.4) is 0 Å². The molecule has 1 aliphatic carbocycles. The number of hydrogen-bond donors (Lipinski definition) is 0. The van der Waals surface area contributed by atoms with Gasteiger partial charge in [-0.3, -0.25) is 4.79 Å². The first-order valence-electron chi connectivity index (χ1n) is 7.11. The van der Waals surface area contributed by atoms with Crippen molar-refractivity contribution in [2.45, 2.75) is 45.1 Å². The van der Waals surface area contributed by atoms with Crippen LogP contribution >= 0.6 is 0 Å². The van der Waals surface area contributed by atoms with Crippen LogP contribution in [0.25, 0.3) is 6.08 Å². The van der Waals surface area contributed by atoms with E-state index in [-0.39, 0.29) is 5.97 Å². The summed E-state index contributed by atoms with van der Waals surface area (Å²) < 4.78 is 5.56. The molecule has 0 unspecified atom stereocenters. The SMILES string of the molecule is C=Cc1ccc([C@]2(C(=O)OC(C)(C)C)C[C@]2(C)C=O)cc1. The Kier molecular flexibility index (Phi) is 3.56. The number of hydrogen-bond acceptors (Lipinski definition) is 3. The van der Waals surface area contributed by atoms with Gasteiger partial charge < -0.3 is 9.53 Å². The van der Waals surface area contributed by atoms with Crippen LogP contribution in [0.5, 0.6) is 0 Å². The lowest BCUT2D eigenvalue weighted by molar-refractivity contribution is -0.159. The summed E-state index contributed by atoms with van der Waals surface area (Å²) in [5.74, 6) is -0.323. The summed E-state index contributed by atoms with van der Waals surface area (Å²) in [5, 5.41) is 0. The molecule has 1 fully saturated rings. The summed E-state index contributed by atoms with van der Waals surface area (Å²) in [6.45, 7) is 11.0. The Bertz CT molecular complexity index is 579. The maximum Gasteiger partial charge on any atom is 0.318 e. The van der Waals surface area contributed by atoms with Gasteiger partial charge in [0.05, 0.1) is 0 Å². The van der Waals surface area contributed by atoms with E-state index in [1.165, 1.54) is 0 Å². The molecule has 0 saturated heterocycles. The number of benzene rings is 1. The molecule has 3 heteroatoms. The zero-order chi connectivity index (χ0) is 15.9. The second kappa shape index (κ2) is 4.83. The number of esters is 1. The Morgan fingerprint density at radius 1 is 1.29 bits per heavy atom. The van der Waals surface area contributed by atoms with Crippen LogP contribution in [-0.2, 0) is 19.7 Å². The van der Waals surface area contributed by atoms with Crippen molar-refractivity contribution < 1.29 is 14.3 Å². The second-order valence-electron chi connectivity index (χ2n) is 6.95. The predicted octanol–water partition coefficient (Wildman–Crippen LogP) is 3.52. The highest BCUT2D eigenvalue weighted by atomic mass is 16.6. The highest BCUT2D eigenvalue weighted by Gasteiger charge is 2.71. The highest BCUT2D eigenvalue weighted by Crippen LogP contribution is 2.64. The van der Waals surface area contributed by atoms with E-state index in [2.05, 4.69) is 6.58 Å². The third-order valence-electron chi connectivity index (χ3n) is 4.13. The van der Waals surface area contributed by atoms with Crippen LogP contribution in [0.1, 0.15) is 45.2 Å². The maximum atomic E-state index is 12.7. The molecule has 0 bridgehead atoms. The van der Waals surface area contributed by atoms with Crippen LogP contribution < -0.4 is 0 Å². The Morgan fingerprint density at radius 2 is 1.86 bits per heavy atom. The van der Waals surface area contributed by atoms with E-state index >= 15 is 0 Å². The molecule has 0 amide bonds. The normalized spacial score (nSPS) is 27.8. The molecule has 1 aliphatic rings. The standard InChI is InChI=1S/C18H22O3/c1-6-13-7-9-14(10-8-13)18(11-17(18,5)12-19)15(20)21-16(2,3)4/h6-10,12H,1,11H2,2-5H3/t17-,18+/m1/s1. The van der Waals surface area contributed by atoms with E-state index in [0.717, 1.165) is 17.4 Å². The van der Waals surface area contributed by atoms with Crippen molar-refractivity contribution in [2.24, 2.45) is 5.41 Å². The molecule has 1 saturated carbocycles. The van der Waals surface area contributed by atoms with E-state index in [4.69, 9.17) is 4.74 Å². The molecule has 1 aromatic rings. The Labute approximate surface area is 126 Å². The summed E-state index contributed by atoms with van der Waals surface area (Å²) in [7, 11) is 0. The zero-order valence-electron chi connectivity index (χ0n) is 13.1. The molecule has 112 valence electrons. The van der Waals surface area contributed by atoms with Crippen molar-refractivity contribution in [1.29, 1.82) is 0 Å². The number of carbonyl (C=O) groups excluding carboxylic acids is 2. The van der Waals surface area contributed by atoms with Crippen molar-refractivity contribution in [1.82, 2.24) is 0 Å². The van der Waals surface area contributed by atoms with Gasteiger partial charge in [-0.1, -0.05) is 43.8 Å². The largest absolute Gasteiger partial charge is 0.459 e. The van der Waals surface area contributed by atoms with Crippen molar-refractivity contribution in [3.05, 3.63) is 42.0 Å². The number of carbonyl (C=O) groups is 2. The van der Waals surface area contributed by atoms with Gasteiger partial charge in [-0.2, -0.15) is 0 Å². The molecule has 0 spiro atoms. The Morgan fingerprint density at radius 3 is 2.24 bits per heavy atom. The summed E-state index contributed by atoms with van der Waals surface area (Å²) in [4.78, 5) is 24.1. The molecule has 2 atom stereocenters. The maximum absolute atomic E-state index is 12.7. The first kappa shape index (κ1) is 15.5. The van der Waals surface area contributed by atoms with Gasteiger partial charge in [0, 0.05) is 5.41 Å². The highest BCUT2D eigenvalue weighted by molar-refractivity contribution is 5.95. The molecule has 0 radical (unpaired) electrons.